The van der Waals surface area contributed by atoms with Gasteiger partial charge in [-0.3, -0.25) is 0 Å². The fraction of sp³-hybridized carbons (Fsp3) is 0.667. The number of benzene rings is 1. The maximum Gasteiger partial charge on any atom is 0.123 e. The number of nitrogens with one attached hydrogen (secondary N) is 1. The number of ether oxygens (including phenoxy) is 1. The van der Waals surface area contributed by atoms with Gasteiger partial charge in [-0.15, -0.1) is 0 Å². The zero-order valence-corrected chi connectivity index (χ0v) is 13.9. The van der Waals surface area contributed by atoms with Crippen LogP contribution in [-0.2, 0) is 11.2 Å². The largest absolute Gasteiger partial charge is 0.378 e. The van der Waals surface area contributed by atoms with Gasteiger partial charge < -0.3 is 10.1 Å². The maximum atomic E-state index is 13.6. The first-order valence-corrected chi connectivity index (χ1v) is 7.84. The molecular formula is C18H28FNO. The Morgan fingerprint density at radius 2 is 2.10 bits per heavy atom. The van der Waals surface area contributed by atoms with Crippen molar-refractivity contribution in [2.45, 2.75) is 59.1 Å². The van der Waals surface area contributed by atoms with Gasteiger partial charge >= 0.3 is 0 Å². The molecule has 21 heavy (non-hydrogen) atoms. The summed E-state index contributed by atoms with van der Waals surface area (Å²) < 4.78 is 19.4. The Balaban J connectivity index is 2.22. The summed E-state index contributed by atoms with van der Waals surface area (Å²) in [5.74, 6) is -0.152. The molecule has 0 saturated carbocycles. The van der Waals surface area contributed by atoms with Crippen LogP contribution in [0.15, 0.2) is 18.2 Å². The van der Waals surface area contributed by atoms with Crippen LogP contribution in [0.1, 0.15) is 45.2 Å². The van der Waals surface area contributed by atoms with E-state index in [1.54, 1.807) is 6.07 Å². The maximum absolute atomic E-state index is 13.6. The second-order valence-corrected chi connectivity index (χ2v) is 7.48. The van der Waals surface area contributed by atoms with Crippen molar-refractivity contribution < 1.29 is 9.13 Å². The second kappa shape index (κ2) is 6.05. The van der Waals surface area contributed by atoms with Crippen molar-refractivity contribution in [2.75, 3.05) is 13.2 Å². The van der Waals surface area contributed by atoms with Gasteiger partial charge in [-0.05, 0) is 70.7 Å². The van der Waals surface area contributed by atoms with E-state index in [0.29, 0.717) is 0 Å². The molecular weight excluding hydrogens is 265 g/mol. The Labute approximate surface area is 128 Å². The first kappa shape index (κ1) is 16.4. The first-order valence-electron chi connectivity index (χ1n) is 7.84. The Morgan fingerprint density at radius 3 is 2.67 bits per heavy atom. The molecule has 1 fully saturated rings. The molecule has 1 saturated heterocycles. The topological polar surface area (TPSA) is 21.3 Å². The number of hydrogen-bond acceptors (Lipinski definition) is 2. The number of hydrogen-bond donors (Lipinski definition) is 1. The van der Waals surface area contributed by atoms with Gasteiger partial charge in [0.25, 0.3) is 0 Å². The molecule has 1 aliphatic heterocycles. The molecule has 0 spiro atoms. The standard InChI is InChI=1S/C18H28FNO/c1-13-6-7-16(19)10-15(13)11-18(8-9-21-14(18)2)12-20-17(3,4)5/h6-7,10,14,20H,8-9,11-12H2,1-5H3. The summed E-state index contributed by atoms with van der Waals surface area (Å²) in [5, 5.41) is 3.62. The van der Waals surface area contributed by atoms with E-state index < -0.39 is 0 Å². The molecule has 0 bridgehead atoms. The quantitative estimate of drug-likeness (QED) is 0.910. The van der Waals surface area contributed by atoms with Gasteiger partial charge in [0.1, 0.15) is 5.82 Å². The molecule has 1 aromatic rings. The lowest BCUT2D eigenvalue weighted by Crippen LogP contribution is -2.47. The molecule has 118 valence electrons. The molecule has 2 atom stereocenters. The van der Waals surface area contributed by atoms with Gasteiger partial charge in [0.2, 0.25) is 0 Å². The van der Waals surface area contributed by atoms with Crippen LogP contribution in [0.3, 0.4) is 0 Å². The van der Waals surface area contributed by atoms with E-state index in [-0.39, 0.29) is 22.9 Å². The lowest BCUT2D eigenvalue weighted by molar-refractivity contribution is 0.0597. The second-order valence-electron chi connectivity index (χ2n) is 7.48. The van der Waals surface area contributed by atoms with Crippen molar-refractivity contribution in [3.63, 3.8) is 0 Å². The third kappa shape index (κ3) is 4.04. The van der Waals surface area contributed by atoms with E-state index in [2.05, 4.69) is 39.9 Å². The SMILES string of the molecule is Cc1ccc(F)cc1CC1(CNC(C)(C)C)CCOC1C. The normalized spacial score (nSPS) is 26.3. The molecule has 3 heteroatoms. The Bertz CT molecular complexity index is 494. The van der Waals surface area contributed by atoms with Crippen molar-refractivity contribution in [1.29, 1.82) is 0 Å². The molecule has 0 amide bonds. The summed E-state index contributed by atoms with van der Waals surface area (Å²) >= 11 is 0. The van der Waals surface area contributed by atoms with E-state index >= 15 is 0 Å². The van der Waals surface area contributed by atoms with Crippen LogP contribution in [0.25, 0.3) is 0 Å². The van der Waals surface area contributed by atoms with Gasteiger partial charge in [0, 0.05) is 24.1 Å². The van der Waals surface area contributed by atoms with Crippen molar-refractivity contribution in [3.05, 3.63) is 35.1 Å². The van der Waals surface area contributed by atoms with Crippen LogP contribution < -0.4 is 5.32 Å². The van der Waals surface area contributed by atoms with Gasteiger partial charge in [-0.1, -0.05) is 6.07 Å². The number of rotatable bonds is 4. The molecule has 2 unspecified atom stereocenters. The number of halogens is 1. The highest BCUT2D eigenvalue weighted by atomic mass is 19.1. The third-order valence-electron chi connectivity index (χ3n) is 4.65. The van der Waals surface area contributed by atoms with Crippen LogP contribution in [0.2, 0.25) is 0 Å². The minimum Gasteiger partial charge on any atom is -0.378 e. The molecule has 1 heterocycles. The lowest BCUT2D eigenvalue weighted by Gasteiger charge is -2.36. The van der Waals surface area contributed by atoms with Crippen molar-refractivity contribution in [3.8, 4) is 0 Å². The van der Waals surface area contributed by atoms with E-state index in [1.165, 1.54) is 6.07 Å². The van der Waals surface area contributed by atoms with Crippen LogP contribution in [-0.4, -0.2) is 24.8 Å². The Kier molecular flexibility index (Phi) is 4.74. The summed E-state index contributed by atoms with van der Waals surface area (Å²) in [4.78, 5) is 0. The third-order valence-corrected chi connectivity index (χ3v) is 4.65. The smallest absolute Gasteiger partial charge is 0.123 e. The van der Waals surface area contributed by atoms with Crippen LogP contribution >= 0.6 is 0 Å². The Hall–Kier alpha value is -0.930. The van der Waals surface area contributed by atoms with Gasteiger partial charge in [0.15, 0.2) is 0 Å². The molecule has 0 radical (unpaired) electrons. The monoisotopic (exact) mass is 293 g/mol. The molecule has 1 aromatic carbocycles. The lowest BCUT2D eigenvalue weighted by atomic mass is 9.75. The minimum atomic E-state index is -0.152. The molecule has 0 aromatic heterocycles. The summed E-state index contributed by atoms with van der Waals surface area (Å²) in [7, 11) is 0. The van der Waals surface area contributed by atoms with Crippen LogP contribution in [0.5, 0.6) is 0 Å². The first-order chi connectivity index (χ1) is 9.72. The fourth-order valence-electron chi connectivity index (χ4n) is 3.00. The molecule has 1 N–H and O–H groups in total. The highest BCUT2D eigenvalue weighted by Gasteiger charge is 2.42. The van der Waals surface area contributed by atoms with Crippen LogP contribution in [0, 0.1) is 18.2 Å². The van der Waals surface area contributed by atoms with Gasteiger partial charge in [0.05, 0.1) is 6.10 Å². The van der Waals surface area contributed by atoms with Gasteiger partial charge in [-0.25, -0.2) is 4.39 Å². The zero-order chi connectivity index (χ0) is 15.7. The molecule has 1 aliphatic rings. The van der Waals surface area contributed by atoms with Crippen LogP contribution in [0.4, 0.5) is 4.39 Å². The van der Waals surface area contributed by atoms with E-state index in [4.69, 9.17) is 4.74 Å². The summed E-state index contributed by atoms with van der Waals surface area (Å²) in [6.07, 6.45) is 2.07. The predicted molar refractivity (Wildman–Crippen MR) is 85.1 cm³/mol. The average Bonchev–Trinajstić information content (AvgIpc) is 2.73. The Morgan fingerprint density at radius 1 is 1.38 bits per heavy atom. The minimum absolute atomic E-state index is 0.0475. The zero-order valence-electron chi connectivity index (χ0n) is 13.9. The van der Waals surface area contributed by atoms with Crippen molar-refractivity contribution >= 4 is 0 Å². The summed E-state index contributed by atoms with van der Waals surface area (Å²) in [6, 6.07) is 5.09. The van der Waals surface area contributed by atoms with E-state index in [1.807, 2.05) is 6.07 Å². The molecule has 2 rings (SSSR count). The van der Waals surface area contributed by atoms with Crippen molar-refractivity contribution in [1.82, 2.24) is 5.32 Å². The van der Waals surface area contributed by atoms with Gasteiger partial charge in [-0.2, -0.15) is 0 Å². The highest BCUT2D eigenvalue weighted by molar-refractivity contribution is 5.28. The highest BCUT2D eigenvalue weighted by Crippen LogP contribution is 2.39. The van der Waals surface area contributed by atoms with E-state index in [0.717, 1.165) is 37.1 Å². The molecule has 0 aliphatic carbocycles. The fourth-order valence-corrected chi connectivity index (χ4v) is 3.00. The summed E-state index contributed by atoms with van der Waals surface area (Å²) in [5.41, 5.74) is 2.38. The van der Waals surface area contributed by atoms with Crippen molar-refractivity contribution in [2.24, 2.45) is 5.41 Å². The summed E-state index contributed by atoms with van der Waals surface area (Å²) in [6.45, 7) is 12.4. The average molecular weight is 293 g/mol. The number of aryl methyl sites for hydroxylation is 1. The predicted octanol–water partition coefficient (Wildman–Crippen LogP) is 3.86. The van der Waals surface area contributed by atoms with E-state index in [9.17, 15) is 4.39 Å². The molecule has 2 nitrogen and oxygen atoms in total.